The van der Waals surface area contributed by atoms with E-state index in [0.29, 0.717) is 11.0 Å². The molecule has 0 aliphatic carbocycles. The second kappa shape index (κ2) is 7.09. The molecule has 0 aromatic heterocycles. The Balaban J connectivity index is 2.99. The van der Waals surface area contributed by atoms with Crippen molar-refractivity contribution in [1.29, 1.82) is 0 Å². The molecule has 20 heavy (non-hydrogen) atoms. The molecule has 9 heteroatoms. The Morgan fingerprint density at radius 1 is 1.35 bits per heavy atom. The summed E-state index contributed by atoms with van der Waals surface area (Å²) in [4.78, 5) is 12.8. The minimum atomic E-state index is -3.96. The fourth-order valence-corrected chi connectivity index (χ4v) is 4.23. The van der Waals surface area contributed by atoms with Crippen molar-refractivity contribution in [1.82, 2.24) is 9.62 Å². The summed E-state index contributed by atoms with van der Waals surface area (Å²) in [6.07, 6.45) is 0. The number of likely N-dealkylation sites (N-methyl/N-ethyl adjacent to an activating group) is 1. The van der Waals surface area contributed by atoms with Crippen LogP contribution in [0, 0.1) is 0 Å². The van der Waals surface area contributed by atoms with Crippen LogP contribution < -0.4 is 4.72 Å². The third-order valence-electron chi connectivity index (χ3n) is 2.55. The monoisotopic (exact) mass is 402 g/mol. The van der Waals surface area contributed by atoms with E-state index in [4.69, 9.17) is 23.2 Å². The van der Waals surface area contributed by atoms with Crippen molar-refractivity contribution in [2.75, 3.05) is 20.1 Å². The Morgan fingerprint density at radius 3 is 2.30 bits per heavy atom. The van der Waals surface area contributed by atoms with Gasteiger partial charge in [-0.05, 0) is 19.1 Å². The molecule has 0 saturated carbocycles. The van der Waals surface area contributed by atoms with Gasteiger partial charge in [-0.15, -0.1) is 0 Å². The van der Waals surface area contributed by atoms with Crippen LogP contribution in [0.25, 0.3) is 0 Å². The lowest BCUT2D eigenvalue weighted by Gasteiger charge is -2.15. The highest BCUT2D eigenvalue weighted by atomic mass is 79.9. The SMILES string of the molecule is CCN(C)C(=O)CNS(=O)(=O)c1c(Cl)cc(Br)cc1Cl. The first-order chi connectivity index (χ1) is 9.19. The van der Waals surface area contributed by atoms with Crippen LogP contribution in [0.2, 0.25) is 10.0 Å². The normalized spacial score (nSPS) is 11.4. The lowest BCUT2D eigenvalue weighted by molar-refractivity contribution is -0.128. The van der Waals surface area contributed by atoms with E-state index < -0.39 is 10.0 Å². The number of sulfonamides is 1. The van der Waals surface area contributed by atoms with E-state index in [1.165, 1.54) is 17.0 Å². The zero-order chi connectivity index (χ0) is 15.5. The van der Waals surface area contributed by atoms with Gasteiger partial charge in [-0.25, -0.2) is 13.1 Å². The summed E-state index contributed by atoms with van der Waals surface area (Å²) in [5, 5.41) is -0.0404. The van der Waals surface area contributed by atoms with E-state index in [2.05, 4.69) is 20.7 Å². The van der Waals surface area contributed by atoms with Gasteiger partial charge in [0.25, 0.3) is 0 Å². The molecule has 1 amide bonds. The van der Waals surface area contributed by atoms with Gasteiger partial charge in [-0.2, -0.15) is 0 Å². The Labute approximate surface area is 136 Å². The van der Waals surface area contributed by atoms with Gasteiger partial charge in [0.2, 0.25) is 15.9 Å². The number of hydrogen-bond donors (Lipinski definition) is 1. The minimum Gasteiger partial charge on any atom is -0.345 e. The average Bonchev–Trinajstić information content (AvgIpc) is 2.33. The van der Waals surface area contributed by atoms with Crippen LogP contribution in [0.1, 0.15) is 6.92 Å². The van der Waals surface area contributed by atoms with E-state index in [1.807, 2.05) is 0 Å². The lowest BCUT2D eigenvalue weighted by atomic mass is 10.4. The molecule has 0 spiro atoms. The van der Waals surface area contributed by atoms with E-state index in [9.17, 15) is 13.2 Å². The van der Waals surface area contributed by atoms with Crippen molar-refractivity contribution < 1.29 is 13.2 Å². The summed E-state index contributed by atoms with van der Waals surface area (Å²) in [5.74, 6) is -0.347. The molecule has 112 valence electrons. The fraction of sp³-hybridized carbons (Fsp3) is 0.364. The van der Waals surface area contributed by atoms with Crippen LogP contribution in [0.3, 0.4) is 0 Å². The maximum absolute atomic E-state index is 12.1. The summed E-state index contributed by atoms with van der Waals surface area (Å²) in [5.41, 5.74) is 0. The Kier molecular flexibility index (Phi) is 6.27. The minimum absolute atomic E-state index is 0.0202. The zero-order valence-corrected chi connectivity index (χ0v) is 14.7. The zero-order valence-electron chi connectivity index (χ0n) is 10.8. The first-order valence-electron chi connectivity index (χ1n) is 5.57. The van der Waals surface area contributed by atoms with Crippen LogP contribution in [-0.2, 0) is 14.8 Å². The Bertz CT molecular complexity index is 599. The molecule has 0 aliphatic heterocycles. The van der Waals surface area contributed by atoms with Gasteiger partial charge in [0.15, 0.2) is 0 Å². The molecular weight excluding hydrogens is 391 g/mol. The molecule has 1 N–H and O–H groups in total. The number of hydrogen-bond acceptors (Lipinski definition) is 3. The Morgan fingerprint density at radius 2 is 1.85 bits per heavy atom. The third kappa shape index (κ3) is 4.33. The molecule has 1 rings (SSSR count). The molecule has 0 unspecified atom stereocenters. The van der Waals surface area contributed by atoms with Crippen molar-refractivity contribution in [3.05, 3.63) is 26.7 Å². The third-order valence-corrected chi connectivity index (χ3v) is 5.33. The Hall–Kier alpha value is -0.340. The van der Waals surface area contributed by atoms with Crippen LogP contribution >= 0.6 is 39.1 Å². The molecule has 0 heterocycles. The molecule has 0 saturated heterocycles. The van der Waals surface area contributed by atoms with Crippen molar-refractivity contribution in [2.24, 2.45) is 0 Å². The number of nitrogens with one attached hydrogen (secondary N) is 1. The van der Waals surface area contributed by atoms with E-state index in [-0.39, 0.29) is 27.4 Å². The van der Waals surface area contributed by atoms with Crippen LogP contribution in [-0.4, -0.2) is 39.4 Å². The van der Waals surface area contributed by atoms with Gasteiger partial charge in [0, 0.05) is 18.1 Å². The van der Waals surface area contributed by atoms with Gasteiger partial charge < -0.3 is 4.90 Å². The quantitative estimate of drug-likeness (QED) is 0.821. The van der Waals surface area contributed by atoms with Gasteiger partial charge in [-0.1, -0.05) is 39.1 Å². The average molecular weight is 404 g/mol. The van der Waals surface area contributed by atoms with Crippen molar-refractivity contribution in [3.8, 4) is 0 Å². The fourth-order valence-electron chi connectivity index (χ4n) is 1.33. The smallest absolute Gasteiger partial charge is 0.244 e. The topological polar surface area (TPSA) is 66.5 Å². The lowest BCUT2D eigenvalue weighted by Crippen LogP contribution is -2.38. The number of carbonyl (C=O) groups is 1. The highest BCUT2D eigenvalue weighted by Crippen LogP contribution is 2.32. The highest BCUT2D eigenvalue weighted by molar-refractivity contribution is 9.10. The predicted octanol–water partition coefficient (Wildman–Crippen LogP) is 2.51. The van der Waals surface area contributed by atoms with Crippen molar-refractivity contribution >= 4 is 55.1 Å². The van der Waals surface area contributed by atoms with E-state index in [1.54, 1.807) is 14.0 Å². The predicted molar refractivity (Wildman–Crippen MR) is 82.7 cm³/mol. The van der Waals surface area contributed by atoms with Gasteiger partial charge in [-0.3, -0.25) is 4.79 Å². The number of halogens is 3. The number of nitrogens with zero attached hydrogens (tertiary/aromatic N) is 1. The molecule has 0 bridgehead atoms. The molecule has 0 radical (unpaired) electrons. The molecule has 0 fully saturated rings. The maximum Gasteiger partial charge on any atom is 0.244 e. The molecule has 0 atom stereocenters. The molecule has 1 aromatic carbocycles. The molecular formula is C11H13BrCl2N2O3S. The molecule has 5 nitrogen and oxygen atoms in total. The van der Waals surface area contributed by atoms with E-state index in [0.717, 1.165) is 0 Å². The maximum atomic E-state index is 12.1. The summed E-state index contributed by atoms with van der Waals surface area (Å²) in [6, 6.07) is 2.84. The first kappa shape index (κ1) is 17.7. The van der Waals surface area contributed by atoms with Gasteiger partial charge in [0.1, 0.15) is 4.90 Å². The van der Waals surface area contributed by atoms with Crippen LogP contribution in [0.15, 0.2) is 21.5 Å². The number of carbonyl (C=O) groups excluding carboxylic acids is 1. The van der Waals surface area contributed by atoms with Crippen LogP contribution in [0.5, 0.6) is 0 Å². The largest absolute Gasteiger partial charge is 0.345 e. The summed E-state index contributed by atoms with van der Waals surface area (Å²) in [7, 11) is -2.38. The van der Waals surface area contributed by atoms with Crippen molar-refractivity contribution in [2.45, 2.75) is 11.8 Å². The van der Waals surface area contributed by atoms with Crippen molar-refractivity contribution in [3.63, 3.8) is 0 Å². The summed E-state index contributed by atoms with van der Waals surface area (Å²) < 4.78 is 27.0. The molecule has 1 aromatic rings. The number of benzene rings is 1. The second-order valence-corrected chi connectivity index (χ2v) is 7.36. The first-order valence-corrected chi connectivity index (χ1v) is 8.60. The van der Waals surface area contributed by atoms with E-state index >= 15 is 0 Å². The standard InChI is InChI=1S/C11H13BrCl2N2O3S/c1-3-16(2)10(17)6-15-20(18,19)11-8(13)4-7(12)5-9(11)14/h4-5,15H,3,6H2,1-2H3. The molecule has 0 aliphatic rings. The van der Waals surface area contributed by atoms with Crippen LogP contribution in [0.4, 0.5) is 0 Å². The number of rotatable bonds is 5. The number of amides is 1. The highest BCUT2D eigenvalue weighted by Gasteiger charge is 2.23. The second-order valence-electron chi connectivity index (χ2n) is 3.93. The summed E-state index contributed by atoms with van der Waals surface area (Å²) >= 11 is 15.0. The van der Waals surface area contributed by atoms with Gasteiger partial charge in [0.05, 0.1) is 16.6 Å². The van der Waals surface area contributed by atoms with Gasteiger partial charge >= 0.3 is 0 Å². The summed E-state index contributed by atoms with van der Waals surface area (Å²) in [6.45, 7) is 1.92.